The van der Waals surface area contributed by atoms with Gasteiger partial charge in [-0.15, -0.1) is 0 Å². The molecule has 0 aromatic heterocycles. The highest BCUT2D eigenvalue weighted by Crippen LogP contribution is 2.22. The molecule has 6 nitrogen and oxygen atoms in total. The van der Waals surface area contributed by atoms with Gasteiger partial charge in [0.2, 0.25) is 6.41 Å². The third kappa shape index (κ3) is 6.86. The summed E-state index contributed by atoms with van der Waals surface area (Å²) in [5, 5.41) is 3.70. The van der Waals surface area contributed by atoms with Crippen molar-refractivity contribution in [3.63, 3.8) is 0 Å². The molecule has 0 spiro atoms. The number of carbonyl (C=O) groups excluding carboxylic acids is 2. The first-order valence-electron chi connectivity index (χ1n) is 10.9. The lowest BCUT2D eigenvalue weighted by molar-refractivity contribution is -0.109. The average molecular weight is 477 g/mol. The molecule has 0 saturated carbocycles. The molecule has 2 aromatic carbocycles. The van der Waals surface area contributed by atoms with Crippen LogP contribution in [-0.4, -0.2) is 68.4 Å². The molecule has 2 amide bonds. The summed E-state index contributed by atoms with van der Waals surface area (Å²) in [6, 6.07) is 13.2. The minimum Gasteiger partial charge on any atom is -0.369 e. The number of anilines is 1. The van der Waals surface area contributed by atoms with E-state index >= 15 is 0 Å². The minimum atomic E-state index is -0.0641. The van der Waals surface area contributed by atoms with E-state index in [1.54, 1.807) is 23.1 Å². The Labute approximate surface area is 200 Å². The Morgan fingerprint density at radius 2 is 1.75 bits per heavy atom. The van der Waals surface area contributed by atoms with Crippen molar-refractivity contribution in [2.24, 2.45) is 0 Å². The molecule has 0 radical (unpaired) electrons. The number of amides is 2. The second kappa shape index (κ2) is 12.1. The van der Waals surface area contributed by atoms with E-state index in [-0.39, 0.29) is 5.91 Å². The van der Waals surface area contributed by atoms with E-state index in [1.807, 2.05) is 19.2 Å². The molecule has 0 bridgehead atoms. The van der Waals surface area contributed by atoms with Gasteiger partial charge < -0.3 is 15.1 Å². The first kappa shape index (κ1) is 24.4. The van der Waals surface area contributed by atoms with Gasteiger partial charge in [-0.05, 0) is 49.2 Å². The second-order valence-corrected chi connectivity index (χ2v) is 8.92. The average Bonchev–Trinajstić information content (AvgIpc) is 2.80. The van der Waals surface area contributed by atoms with Crippen LogP contribution in [0.15, 0.2) is 42.5 Å². The molecule has 3 rings (SSSR count). The third-order valence-corrected chi connectivity index (χ3v) is 6.19. The fourth-order valence-corrected chi connectivity index (χ4v) is 4.54. The van der Waals surface area contributed by atoms with Crippen molar-refractivity contribution >= 4 is 41.2 Å². The summed E-state index contributed by atoms with van der Waals surface area (Å²) in [4.78, 5) is 29.8. The minimum absolute atomic E-state index is 0.0641. The van der Waals surface area contributed by atoms with Crippen LogP contribution in [0.25, 0.3) is 0 Å². The molecule has 8 heteroatoms. The van der Waals surface area contributed by atoms with Gasteiger partial charge in [0.05, 0.1) is 0 Å². The van der Waals surface area contributed by atoms with Gasteiger partial charge in [0.25, 0.3) is 5.91 Å². The van der Waals surface area contributed by atoms with Crippen LogP contribution in [0.4, 0.5) is 5.69 Å². The number of nitrogens with zero attached hydrogens (tertiary/aromatic N) is 3. The number of piperazine rings is 1. The Hall–Kier alpha value is -2.28. The number of rotatable bonds is 10. The van der Waals surface area contributed by atoms with Crippen LogP contribution < -0.4 is 10.2 Å². The predicted molar refractivity (Wildman–Crippen MR) is 131 cm³/mol. The lowest BCUT2D eigenvalue weighted by Gasteiger charge is -2.37. The number of unbranched alkanes of at least 4 members (excludes halogenated alkanes) is 1. The zero-order valence-corrected chi connectivity index (χ0v) is 19.9. The van der Waals surface area contributed by atoms with Crippen LogP contribution in [0.2, 0.25) is 10.0 Å². The highest BCUT2D eigenvalue weighted by Gasteiger charge is 2.19. The summed E-state index contributed by atoms with van der Waals surface area (Å²) in [6.45, 7) is 6.20. The van der Waals surface area contributed by atoms with Gasteiger partial charge in [0.1, 0.15) is 0 Å². The van der Waals surface area contributed by atoms with Crippen LogP contribution in [-0.2, 0) is 11.3 Å². The van der Waals surface area contributed by atoms with Gasteiger partial charge in [-0.3, -0.25) is 14.5 Å². The van der Waals surface area contributed by atoms with Crippen molar-refractivity contribution < 1.29 is 9.59 Å². The normalized spacial score (nSPS) is 14.3. The van der Waals surface area contributed by atoms with Crippen LogP contribution >= 0.6 is 23.2 Å². The van der Waals surface area contributed by atoms with E-state index in [9.17, 15) is 9.59 Å². The van der Waals surface area contributed by atoms with E-state index in [0.29, 0.717) is 28.7 Å². The van der Waals surface area contributed by atoms with Gasteiger partial charge in [0, 0.05) is 67.6 Å². The van der Waals surface area contributed by atoms with Gasteiger partial charge in [-0.25, -0.2) is 0 Å². The quantitative estimate of drug-likeness (QED) is 0.417. The fourth-order valence-electron chi connectivity index (χ4n) is 4.02. The molecule has 1 aliphatic heterocycles. The Bertz CT molecular complexity index is 896. The van der Waals surface area contributed by atoms with Gasteiger partial charge in [-0.2, -0.15) is 0 Å². The van der Waals surface area contributed by atoms with Crippen molar-refractivity contribution in [3.05, 3.63) is 63.6 Å². The number of hydrogen-bond acceptors (Lipinski definition) is 4. The van der Waals surface area contributed by atoms with Crippen molar-refractivity contribution in [2.45, 2.75) is 19.4 Å². The maximum Gasteiger partial charge on any atom is 0.253 e. The molecule has 1 heterocycles. The van der Waals surface area contributed by atoms with Gasteiger partial charge >= 0.3 is 0 Å². The Morgan fingerprint density at radius 1 is 1.06 bits per heavy atom. The molecule has 32 heavy (non-hydrogen) atoms. The van der Waals surface area contributed by atoms with Gasteiger partial charge in [0.15, 0.2) is 0 Å². The van der Waals surface area contributed by atoms with Crippen molar-refractivity contribution in [3.8, 4) is 0 Å². The maximum atomic E-state index is 12.6. The zero-order chi connectivity index (χ0) is 22.9. The molecule has 172 valence electrons. The van der Waals surface area contributed by atoms with Crippen LogP contribution in [0.1, 0.15) is 28.8 Å². The maximum absolute atomic E-state index is 12.6. The molecule has 0 aliphatic carbocycles. The molecule has 0 unspecified atom stereocenters. The fraction of sp³-hybridized carbons (Fsp3) is 0.417. The van der Waals surface area contributed by atoms with Crippen LogP contribution in [0, 0.1) is 0 Å². The molecule has 1 fully saturated rings. The smallest absolute Gasteiger partial charge is 0.253 e. The molecular formula is C24H30Cl2N4O2. The van der Waals surface area contributed by atoms with Crippen molar-refractivity contribution in [1.29, 1.82) is 0 Å². The zero-order valence-electron chi connectivity index (χ0n) is 18.4. The summed E-state index contributed by atoms with van der Waals surface area (Å²) < 4.78 is 0. The number of hydrogen-bond donors (Lipinski definition) is 1. The molecular weight excluding hydrogens is 447 g/mol. The van der Waals surface area contributed by atoms with Crippen LogP contribution in [0.5, 0.6) is 0 Å². The Balaban J connectivity index is 1.39. The number of nitrogens with one attached hydrogen (secondary N) is 1. The lowest BCUT2D eigenvalue weighted by atomic mass is 10.1. The molecule has 2 aromatic rings. The van der Waals surface area contributed by atoms with Crippen molar-refractivity contribution in [1.82, 2.24) is 15.1 Å². The summed E-state index contributed by atoms with van der Waals surface area (Å²) >= 11 is 12.0. The monoisotopic (exact) mass is 476 g/mol. The SMILES string of the molecule is CN(CCCCN1CCN(c2ccccc2CNC=O)CC1)C(=O)c1cc(Cl)cc(Cl)c1. The number of para-hydroxylation sites is 1. The van der Waals surface area contributed by atoms with E-state index in [2.05, 4.69) is 27.2 Å². The number of halogens is 2. The summed E-state index contributed by atoms with van der Waals surface area (Å²) in [7, 11) is 1.81. The van der Waals surface area contributed by atoms with Crippen molar-refractivity contribution in [2.75, 3.05) is 51.2 Å². The second-order valence-electron chi connectivity index (χ2n) is 8.05. The van der Waals surface area contributed by atoms with E-state index < -0.39 is 0 Å². The largest absolute Gasteiger partial charge is 0.369 e. The molecule has 1 aliphatic rings. The highest BCUT2D eigenvalue weighted by molar-refractivity contribution is 6.35. The standard InChI is InChI=1S/C24H30Cl2N4O2/c1-28(24(32)20-14-21(25)16-22(26)15-20)8-4-5-9-29-10-12-30(13-11-29)23-7-3-2-6-19(23)17-27-18-31/h2-3,6-7,14-16,18H,4-5,8-13,17H2,1H3,(H,27,31). The molecule has 1 saturated heterocycles. The van der Waals surface area contributed by atoms with E-state index in [4.69, 9.17) is 23.2 Å². The number of benzene rings is 2. The summed E-state index contributed by atoms with van der Waals surface area (Å²) in [6.07, 6.45) is 2.72. The highest BCUT2D eigenvalue weighted by atomic mass is 35.5. The topological polar surface area (TPSA) is 55.9 Å². The molecule has 0 atom stereocenters. The number of carbonyl (C=O) groups is 2. The third-order valence-electron chi connectivity index (χ3n) is 5.75. The summed E-state index contributed by atoms with van der Waals surface area (Å²) in [5.41, 5.74) is 2.86. The Morgan fingerprint density at radius 3 is 2.44 bits per heavy atom. The first-order chi connectivity index (χ1) is 15.5. The molecule has 1 N–H and O–H groups in total. The predicted octanol–water partition coefficient (Wildman–Crippen LogP) is 3.91. The first-order valence-corrected chi connectivity index (χ1v) is 11.7. The van der Waals surface area contributed by atoms with E-state index in [1.165, 1.54) is 5.69 Å². The lowest BCUT2D eigenvalue weighted by Crippen LogP contribution is -2.47. The summed E-state index contributed by atoms with van der Waals surface area (Å²) in [5.74, 6) is -0.0641. The van der Waals surface area contributed by atoms with Gasteiger partial charge in [-0.1, -0.05) is 41.4 Å². The Kier molecular flexibility index (Phi) is 9.21. The van der Waals surface area contributed by atoms with E-state index in [0.717, 1.165) is 57.5 Å². The van der Waals surface area contributed by atoms with Crippen LogP contribution in [0.3, 0.4) is 0 Å².